The van der Waals surface area contributed by atoms with Gasteiger partial charge in [-0.1, -0.05) is 0 Å². The molecule has 0 aromatic heterocycles. The first-order valence-electron chi connectivity index (χ1n) is 15.8. The van der Waals surface area contributed by atoms with Crippen molar-refractivity contribution in [2.24, 2.45) is 0 Å². The Morgan fingerprint density at radius 1 is 0.745 bits per heavy atom. The summed E-state index contributed by atoms with van der Waals surface area (Å²) >= 11 is 0. The van der Waals surface area contributed by atoms with Crippen LogP contribution in [0.25, 0.3) is 0 Å². The predicted octanol–water partition coefficient (Wildman–Crippen LogP) is -2.63. The molecule has 0 bridgehead atoms. The molecule has 0 unspecified atom stereocenters. The molecule has 3 saturated heterocycles. The van der Waals surface area contributed by atoms with Crippen LogP contribution in [-0.4, -0.2) is 140 Å². The number of nitrogens with zero attached hydrogens (tertiary/aromatic N) is 2. The van der Waals surface area contributed by atoms with Gasteiger partial charge in [0, 0.05) is 25.9 Å². The Labute approximate surface area is 270 Å². The van der Waals surface area contributed by atoms with E-state index in [9.17, 15) is 53.7 Å². The maximum atomic E-state index is 13.8. The van der Waals surface area contributed by atoms with Gasteiger partial charge in [0.15, 0.2) is 6.04 Å². The zero-order valence-electron chi connectivity index (χ0n) is 26.2. The number of amides is 5. The summed E-state index contributed by atoms with van der Waals surface area (Å²) in [4.78, 5) is 103. The summed E-state index contributed by atoms with van der Waals surface area (Å²) in [5.41, 5.74) is 0. The minimum Gasteiger partial charge on any atom is -0.481 e. The highest BCUT2D eigenvalue weighted by Gasteiger charge is 2.42. The first-order valence-corrected chi connectivity index (χ1v) is 15.8. The quantitative estimate of drug-likeness (QED) is 0.0837. The molecule has 0 aromatic carbocycles. The summed E-state index contributed by atoms with van der Waals surface area (Å²) in [6.45, 7) is 2.23. The molecule has 3 aliphatic heterocycles. The van der Waals surface area contributed by atoms with E-state index in [1.807, 2.05) is 0 Å². The number of carboxylic acid groups (broad SMARTS) is 3. The van der Waals surface area contributed by atoms with E-state index in [0.717, 1.165) is 18.2 Å². The second-order valence-electron chi connectivity index (χ2n) is 12.1. The lowest BCUT2D eigenvalue weighted by Crippen LogP contribution is -2.59. The molecule has 47 heavy (non-hydrogen) atoms. The molecule has 0 radical (unpaired) electrons. The van der Waals surface area contributed by atoms with Crippen LogP contribution >= 0.6 is 0 Å². The van der Waals surface area contributed by atoms with Gasteiger partial charge in [-0.15, -0.1) is 0 Å². The van der Waals surface area contributed by atoms with Crippen molar-refractivity contribution in [2.75, 3.05) is 19.6 Å². The van der Waals surface area contributed by atoms with Gasteiger partial charge in [-0.25, -0.2) is 4.79 Å². The lowest BCUT2D eigenvalue weighted by atomic mass is 10.1. The van der Waals surface area contributed by atoms with Crippen LogP contribution in [0.2, 0.25) is 0 Å². The average molecular weight is 669 g/mol. The fraction of sp³-hybridized carbons (Fsp3) is 0.724. The van der Waals surface area contributed by atoms with Gasteiger partial charge in [0.2, 0.25) is 29.5 Å². The molecule has 3 heterocycles. The number of rotatable bonds is 16. The number of carboxylic acids is 3. The summed E-state index contributed by atoms with van der Waals surface area (Å²) in [7, 11) is 0. The molecular formula is C29H44N6O12. The zero-order valence-corrected chi connectivity index (χ0v) is 26.2. The first kappa shape index (κ1) is 37.1. The number of carbonyl (C=O) groups excluding carboxylic acids is 5. The summed E-state index contributed by atoms with van der Waals surface area (Å²) in [5, 5.41) is 47.7. The first-order chi connectivity index (χ1) is 22.2. The summed E-state index contributed by atoms with van der Waals surface area (Å²) in [5.74, 6) is -7.54. The lowest BCUT2D eigenvalue weighted by Gasteiger charge is -2.31. The number of nitrogens with one attached hydrogen (secondary N) is 4. The number of carbonyl (C=O) groups is 8. The van der Waals surface area contributed by atoms with Crippen LogP contribution in [0.3, 0.4) is 0 Å². The van der Waals surface area contributed by atoms with Gasteiger partial charge in [-0.05, 0) is 64.8 Å². The minimum atomic E-state index is -1.74. The van der Waals surface area contributed by atoms with Crippen LogP contribution in [0.15, 0.2) is 0 Å². The summed E-state index contributed by atoms with van der Waals surface area (Å²) < 4.78 is 0. The molecule has 3 fully saturated rings. The topological polar surface area (TPSA) is 272 Å². The maximum Gasteiger partial charge on any atom is 0.328 e. The maximum absolute atomic E-state index is 13.8. The Bertz CT molecular complexity index is 1220. The standard InChI is InChI=1S/C29H44N6O12/c1-15(36)23(29(46)47)33-24(41)16(8-10-21(37)38)31-25(42)19-6-4-14-35(19)28(45)18(9-11-22(39)40)32-26(43)20-7-3-13-34(20)27(44)17-5-2-12-30-17/h15-20,23,30,36H,2-14H2,1H3,(H,31,42)(H,32,43)(H,33,41)(H,37,38)(H,39,40)(H,46,47)/t15-,16+,17+,18+,19+,20+,23+/m1/s1. The second-order valence-corrected chi connectivity index (χ2v) is 12.1. The smallest absolute Gasteiger partial charge is 0.328 e. The SMILES string of the molecule is C[C@@H](O)[C@H](NC(=O)[C@H](CCC(=O)O)NC(=O)[C@@H]1CCCN1C(=O)[C@H](CCC(=O)O)NC(=O)[C@@H]1CCCN1C(=O)[C@@H]1CCCN1)C(=O)O. The van der Waals surface area contributed by atoms with Gasteiger partial charge in [0.05, 0.1) is 12.1 Å². The molecule has 0 aliphatic carbocycles. The fourth-order valence-electron chi connectivity index (χ4n) is 6.14. The van der Waals surface area contributed by atoms with Crippen LogP contribution in [0, 0.1) is 0 Å². The molecule has 3 aliphatic rings. The van der Waals surface area contributed by atoms with Crippen LogP contribution in [0.1, 0.15) is 71.1 Å². The van der Waals surface area contributed by atoms with E-state index >= 15 is 0 Å². The van der Waals surface area contributed by atoms with Crippen LogP contribution in [0.5, 0.6) is 0 Å². The molecule has 0 aromatic rings. The average Bonchev–Trinajstić information content (AvgIpc) is 3.80. The molecule has 8 N–H and O–H groups in total. The Morgan fingerprint density at radius 2 is 1.28 bits per heavy atom. The van der Waals surface area contributed by atoms with Crippen molar-refractivity contribution in [1.29, 1.82) is 0 Å². The molecule has 262 valence electrons. The highest BCUT2D eigenvalue weighted by Crippen LogP contribution is 2.23. The molecule has 0 saturated carbocycles. The molecule has 18 nitrogen and oxygen atoms in total. The van der Waals surface area contributed by atoms with Crippen molar-refractivity contribution in [2.45, 2.75) is 113 Å². The zero-order chi connectivity index (χ0) is 34.8. The number of aliphatic hydroxyl groups excluding tert-OH is 1. The highest BCUT2D eigenvalue weighted by molar-refractivity contribution is 5.97. The van der Waals surface area contributed by atoms with E-state index in [1.54, 1.807) is 0 Å². The van der Waals surface area contributed by atoms with Crippen LogP contribution in [0.4, 0.5) is 0 Å². The molecule has 3 rings (SSSR count). The van der Waals surface area contributed by atoms with E-state index < -0.39 is 103 Å². The van der Waals surface area contributed by atoms with Crippen molar-refractivity contribution in [3.8, 4) is 0 Å². The molecule has 18 heteroatoms. The number of hydrogen-bond acceptors (Lipinski definition) is 10. The third-order valence-electron chi connectivity index (χ3n) is 8.62. The number of aliphatic hydroxyl groups is 1. The lowest BCUT2D eigenvalue weighted by molar-refractivity contribution is -0.146. The van der Waals surface area contributed by atoms with Crippen molar-refractivity contribution < 1.29 is 58.8 Å². The van der Waals surface area contributed by atoms with Gasteiger partial charge < -0.3 is 51.5 Å². The van der Waals surface area contributed by atoms with E-state index in [0.29, 0.717) is 38.8 Å². The van der Waals surface area contributed by atoms with Crippen LogP contribution in [-0.2, 0) is 38.4 Å². The third kappa shape index (κ3) is 10.1. The van der Waals surface area contributed by atoms with E-state index in [-0.39, 0.29) is 25.3 Å². The van der Waals surface area contributed by atoms with Gasteiger partial charge >= 0.3 is 17.9 Å². The van der Waals surface area contributed by atoms with Gasteiger partial charge in [-0.2, -0.15) is 0 Å². The third-order valence-corrected chi connectivity index (χ3v) is 8.62. The minimum absolute atomic E-state index is 0.0624. The Morgan fingerprint density at radius 3 is 1.79 bits per heavy atom. The Hall–Kier alpha value is -4.32. The van der Waals surface area contributed by atoms with Gasteiger partial charge in [-0.3, -0.25) is 33.6 Å². The molecular weight excluding hydrogens is 624 g/mol. The second kappa shape index (κ2) is 17.0. The fourth-order valence-corrected chi connectivity index (χ4v) is 6.14. The number of aliphatic carboxylic acids is 3. The number of hydrogen-bond donors (Lipinski definition) is 8. The molecule has 7 atom stereocenters. The van der Waals surface area contributed by atoms with E-state index in [1.165, 1.54) is 4.90 Å². The van der Waals surface area contributed by atoms with E-state index in [2.05, 4.69) is 21.3 Å². The van der Waals surface area contributed by atoms with Crippen molar-refractivity contribution in [3.63, 3.8) is 0 Å². The summed E-state index contributed by atoms with van der Waals surface area (Å²) in [6, 6.07) is -7.04. The Kier molecular flexibility index (Phi) is 13.4. The van der Waals surface area contributed by atoms with Crippen LogP contribution < -0.4 is 21.3 Å². The monoisotopic (exact) mass is 668 g/mol. The van der Waals surface area contributed by atoms with E-state index in [4.69, 9.17) is 5.11 Å². The van der Waals surface area contributed by atoms with Gasteiger partial charge in [0.1, 0.15) is 24.2 Å². The highest BCUT2D eigenvalue weighted by atomic mass is 16.4. The predicted molar refractivity (Wildman–Crippen MR) is 159 cm³/mol. The Balaban J connectivity index is 1.74. The molecule has 0 spiro atoms. The largest absolute Gasteiger partial charge is 0.481 e. The summed E-state index contributed by atoms with van der Waals surface area (Å²) in [6.07, 6.45) is -0.413. The van der Waals surface area contributed by atoms with Crippen molar-refractivity contribution in [3.05, 3.63) is 0 Å². The normalized spacial score (nSPS) is 23.3. The number of likely N-dealkylation sites (tertiary alicyclic amines) is 2. The van der Waals surface area contributed by atoms with Gasteiger partial charge in [0.25, 0.3) is 0 Å². The van der Waals surface area contributed by atoms with Crippen molar-refractivity contribution >= 4 is 47.4 Å². The van der Waals surface area contributed by atoms with Crippen molar-refractivity contribution in [1.82, 2.24) is 31.1 Å². The molecule has 5 amide bonds.